The smallest absolute Gasteiger partial charge is 0.404 e. The second-order valence-electron chi connectivity index (χ2n) is 6.24. The molecule has 0 fully saturated rings. The van der Waals surface area contributed by atoms with Crippen molar-refractivity contribution in [2.45, 2.75) is 39.8 Å². The molecule has 1 unspecified atom stereocenters. The van der Waals surface area contributed by atoms with Gasteiger partial charge in [0.15, 0.2) is 0 Å². The number of benzene rings is 1. The fourth-order valence-electron chi connectivity index (χ4n) is 2.57. The van der Waals surface area contributed by atoms with Gasteiger partial charge in [-0.15, -0.1) is 0 Å². The summed E-state index contributed by atoms with van der Waals surface area (Å²) in [6.45, 7) is 7.83. The van der Waals surface area contributed by atoms with E-state index in [4.69, 9.17) is 10.5 Å². The molecule has 0 heterocycles. The molecule has 0 spiro atoms. The fourth-order valence-corrected chi connectivity index (χ4v) is 2.57. The Labute approximate surface area is 121 Å². The molecule has 2 N–H and O–H groups in total. The van der Waals surface area contributed by atoms with Gasteiger partial charge in [-0.05, 0) is 24.4 Å². The minimum absolute atomic E-state index is 0.102. The predicted octanol–water partition coefficient (Wildman–Crippen LogP) is 3.02. The standard InChI is InChI=1S/C16H26N2O2/c1-16(2,3)14(10-11-20-15(17)19)18(4)12-13-8-6-5-7-9-13/h5-9,14H,10-12H2,1-4H3,(H2,17,19). The van der Waals surface area contributed by atoms with Gasteiger partial charge in [0, 0.05) is 12.6 Å². The Bertz CT molecular complexity index is 412. The van der Waals surface area contributed by atoms with Gasteiger partial charge in [-0.3, -0.25) is 4.90 Å². The van der Waals surface area contributed by atoms with E-state index in [0.717, 1.165) is 13.0 Å². The van der Waals surface area contributed by atoms with E-state index in [1.807, 2.05) is 18.2 Å². The van der Waals surface area contributed by atoms with Gasteiger partial charge in [0.1, 0.15) is 0 Å². The van der Waals surface area contributed by atoms with Gasteiger partial charge >= 0.3 is 6.09 Å². The van der Waals surface area contributed by atoms with Crippen molar-refractivity contribution in [2.75, 3.05) is 13.7 Å². The Hall–Kier alpha value is -1.55. The lowest BCUT2D eigenvalue weighted by Crippen LogP contribution is -2.42. The lowest BCUT2D eigenvalue weighted by molar-refractivity contribution is 0.0812. The molecule has 0 radical (unpaired) electrons. The van der Waals surface area contributed by atoms with Crippen molar-refractivity contribution < 1.29 is 9.53 Å². The molecule has 0 aliphatic heterocycles. The number of hydrogen-bond donors (Lipinski definition) is 1. The van der Waals surface area contributed by atoms with Gasteiger partial charge in [-0.2, -0.15) is 0 Å². The average molecular weight is 278 g/mol. The zero-order valence-electron chi connectivity index (χ0n) is 12.9. The second kappa shape index (κ2) is 7.29. The van der Waals surface area contributed by atoms with Gasteiger partial charge in [0.25, 0.3) is 0 Å². The number of amides is 1. The number of nitrogens with two attached hydrogens (primary N) is 1. The minimum atomic E-state index is -0.705. The molecule has 4 nitrogen and oxygen atoms in total. The highest BCUT2D eigenvalue weighted by Crippen LogP contribution is 2.27. The van der Waals surface area contributed by atoms with E-state index in [1.165, 1.54) is 5.56 Å². The maximum atomic E-state index is 10.7. The van der Waals surface area contributed by atoms with E-state index in [1.54, 1.807) is 0 Å². The van der Waals surface area contributed by atoms with Crippen molar-refractivity contribution in [3.05, 3.63) is 35.9 Å². The van der Waals surface area contributed by atoms with E-state index in [-0.39, 0.29) is 5.41 Å². The van der Waals surface area contributed by atoms with Crippen LogP contribution in [0.5, 0.6) is 0 Å². The minimum Gasteiger partial charge on any atom is -0.450 e. The van der Waals surface area contributed by atoms with Gasteiger partial charge in [0.2, 0.25) is 0 Å². The van der Waals surface area contributed by atoms with Crippen molar-refractivity contribution >= 4 is 6.09 Å². The quantitative estimate of drug-likeness (QED) is 0.870. The molecule has 0 saturated heterocycles. The molecule has 20 heavy (non-hydrogen) atoms. The molecule has 4 heteroatoms. The number of rotatable bonds is 6. The van der Waals surface area contributed by atoms with Gasteiger partial charge < -0.3 is 10.5 Å². The molecule has 0 saturated carbocycles. The van der Waals surface area contributed by atoms with Gasteiger partial charge in [-0.1, -0.05) is 51.1 Å². The molecule has 1 amide bonds. The monoisotopic (exact) mass is 278 g/mol. The van der Waals surface area contributed by atoms with Crippen LogP contribution in [0.1, 0.15) is 32.8 Å². The van der Waals surface area contributed by atoms with Crippen molar-refractivity contribution in [3.8, 4) is 0 Å². The lowest BCUT2D eigenvalue weighted by atomic mass is 9.84. The maximum Gasteiger partial charge on any atom is 0.404 e. The van der Waals surface area contributed by atoms with Crippen LogP contribution >= 0.6 is 0 Å². The van der Waals surface area contributed by atoms with Crippen LogP contribution in [-0.4, -0.2) is 30.7 Å². The molecule has 0 aliphatic carbocycles. The number of carbonyl (C=O) groups excluding carboxylic acids is 1. The first-order valence-corrected chi connectivity index (χ1v) is 6.97. The van der Waals surface area contributed by atoms with Crippen molar-refractivity contribution in [1.29, 1.82) is 0 Å². The summed E-state index contributed by atoms with van der Waals surface area (Å²) in [4.78, 5) is 13.0. The predicted molar refractivity (Wildman–Crippen MR) is 81.3 cm³/mol. The average Bonchev–Trinajstić information content (AvgIpc) is 2.33. The topological polar surface area (TPSA) is 55.6 Å². The van der Waals surface area contributed by atoms with Crippen LogP contribution in [0.4, 0.5) is 4.79 Å². The third-order valence-corrected chi connectivity index (χ3v) is 3.44. The summed E-state index contributed by atoms with van der Waals surface area (Å²) in [7, 11) is 2.10. The molecule has 0 aliphatic rings. The summed E-state index contributed by atoms with van der Waals surface area (Å²) in [5, 5.41) is 0. The molecule has 1 aromatic carbocycles. The van der Waals surface area contributed by atoms with Crippen LogP contribution < -0.4 is 5.73 Å². The molecular weight excluding hydrogens is 252 g/mol. The Morgan fingerprint density at radius 2 is 1.90 bits per heavy atom. The molecule has 0 aromatic heterocycles. The normalized spacial score (nSPS) is 13.2. The Balaban J connectivity index is 2.65. The zero-order valence-corrected chi connectivity index (χ0v) is 12.9. The molecule has 0 bridgehead atoms. The Kier molecular flexibility index (Phi) is 6.02. The molecule has 1 atom stereocenters. The number of hydrogen-bond acceptors (Lipinski definition) is 3. The summed E-state index contributed by atoms with van der Waals surface area (Å²) in [5.41, 5.74) is 6.39. The highest BCUT2D eigenvalue weighted by Gasteiger charge is 2.28. The summed E-state index contributed by atoms with van der Waals surface area (Å²) < 4.78 is 4.88. The first kappa shape index (κ1) is 16.5. The van der Waals surface area contributed by atoms with E-state index in [0.29, 0.717) is 12.6 Å². The summed E-state index contributed by atoms with van der Waals surface area (Å²) >= 11 is 0. The second-order valence-corrected chi connectivity index (χ2v) is 6.24. The van der Waals surface area contributed by atoms with Crippen molar-refractivity contribution in [3.63, 3.8) is 0 Å². The number of primary amides is 1. The third kappa shape index (κ3) is 5.61. The number of carbonyl (C=O) groups is 1. The zero-order chi connectivity index (χ0) is 15.2. The van der Waals surface area contributed by atoms with E-state index in [2.05, 4.69) is 44.9 Å². The third-order valence-electron chi connectivity index (χ3n) is 3.44. The number of ether oxygens (including phenoxy) is 1. The molecular formula is C16H26N2O2. The van der Waals surface area contributed by atoms with E-state index >= 15 is 0 Å². The van der Waals surface area contributed by atoms with Crippen molar-refractivity contribution in [2.24, 2.45) is 11.1 Å². The van der Waals surface area contributed by atoms with Gasteiger partial charge in [-0.25, -0.2) is 4.79 Å². The molecule has 1 rings (SSSR count). The highest BCUT2D eigenvalue weighted by molar-refractivity contribution is 5.64. The Morgan fingerprint density at radius 1 is 1.30 bits per heavy atom. The largest absolute Gasteiger partial charge is 0.450 e. The van der Waals surface area contributed by atoms with Crippen LogP contribution in [0.2, 0.25) is 0 Å². The molecule has 112 valence electrons. The SMILES string of the molecule is CN(Cc1ccccc1)C(CCOC(N)=O)C(C)(C)C. The fraction of sp³-hybridized carbons (Fsp3) is 0.562. The number of nitrogens with zero attached hydrogens (tertiary/aromatic N) is 1. The maximum absolute atomic E-state index is 10.7. The van der Waals surface area contributed by atoms with Crippen LogP contribution in [-0.2, 0) is 11.3 Å². The van der Waals surface area contributed by atoms with Crippen LogP contribution in [0.15, 0.2) is 30.3 Å². The van der Waals surface area contributed by atoms with E-state index < -0.39 is 6.09 Å². The summed E-state index contributed by atoms with van der Waals surface area (Å²) in [6, 6.07) is 10.7. The summed E-state index contributed by atoms with van der Waals surface area (Å²) in [5.74, 6) is 0. The summed E-state index contributed by atoms with van der Waals surface area (Å²) in [6.07, 6.45) is 0.0684. The molecule has 1 aromatic rings. The van der Waals surface area contributed by atoms with Crippen LogP contribution in [0, 0.1) is 5.41 Å². The van der Waals surface area contributed by atoms with Crippen molar-refractivity contribution in [1.82, 2.24) is 4.90 Å². The van der Waals surface area contributed by atoms with Crippen LogP contribution in [0.25, 0.3) is 0 Å². The highest BCUT2D eigenvalue weighted by atomic mass is 16.5. The van der Waals surface area contributed by atoms with Gasteiger partial charge in [0.05, 0.1) is 6.61 Å². The van der Waals surface area contributed by atoms with Crippen LogP contribution in [0.3, 0.4) is 0 Å². The lowest BCUT2D eigenvalue weighted by Gasteiger charge is -2.38. The first-order valence-electron chi connectivity index (χ1n) is 6.97. The first-order chi connectivity index (χ1) is 9.30. The van der Waals surface area contributed by atoms with E-state index in [9.17, 15) is 4.79 Å². The Morgan fingerprint density at radius 3 is 2.40 bits per heavy atom.